The second kappa shape index (κ2) is 4.92. The van der Waals surface area contributed by atoms with Gasteiger partial charge in [0.15, 0.2) is 5.78 Å². The van der Waals surface area contributed by atoms with Crippen LogP contribution >= 0.6 is 0 Å². The van der Waals surface area contributed by atoms with Gasteiger partial charge in [0.1, 0.15) is 0 Å². The molecular formula is C11H10F3NO. The van der Waals surface area contributed by atoms with Crippen molar-refractivity contribution in [2.24, 2.45) is 0 Å². The highest BCUT2D eigenvalue weighted by Gasteiger charge is 2.32. The summed E-state index contributed by atoms with van der Waals surface area (Å²) in [5, 5.41) is 0. The van der Waals surface area contributed by atoms with Gasteiger partial charge in [0.05, 0.1) is 0 Å². The van der Waals surface area contributed by atoms with Crippen LogP contribution in [-0.4, -0.2) is 16.9 Å². The molecule has 0 saturated carbocycles. The quantitative estimate of drug-likeness (QED) is 0.588. The smallest absolute Gasteiger partial charge is 0.289 e. The van der Waals surface area contributed by atoms with Crippen molar-refractivity contribution in [2.75, 3.05) is 0 Å². The summed E-state index contributed by atoms with van der Waals surface area (Å²) in [6.07, 6.45) is -1.37. The Morgan fingerprint density at radius 2 is 2.19 bits per heavy atom. The number of carbonyl (C=O) groups is 1. The Morgan fingerprint density at radius 1 is 1.50 bits per heavy atom. The van der Waals surface area contributed by atoms with Gasteiger partial charge in [-0.1, -0.05) is 6.92 Å². The molecule has 1 aromatic heterocycles. The lowest BCUT2D eigenvalue weighted by Crippen LogP contribution is -2.13. The van der Waals surface area contributed by atoms with E-state index in [4.69, 9.17) is 0 Å². The molecule has 0 aliphatic rings. The number of aromatic nitrogens is 1. The molecule has 0 aromatic carbocycles. The van der Waals surface area contributed by atoms with Crippen LogP contribution < -0.4 is 0 Å². The van der Waals surface area contributed by atoms with Crippen molar-refractivity contribution >= 4 is 5.78 Å². The predicted molar refractivity (Wildman–Crippen MR) is 53.0 cm³/mol. The van der Waals surface area contributed by atoms with E-state index in [-0.39, 0.29) is 12.0 Å². The predicted octanol–water partition coefficient (Wildman–Crippen LogP) is 3.16. The lowest BCUT2D eigenvalue weighted by Gasteiger charge is -2.08. The number of rotatable bonds is 3. The van der Waals surface area contributed by atoms with Gasteiger partial charge in [-0.25, -0.2) is 0 Å². The van der Waals surface area contributed by atoms with Gasteiger partial charge in [0, 0.05) is 23.5 Å². The molecule has 0 amide bonds. The second-order valence-electron chi connectivity index (χ2n) is 3.13. The van der Waals surface area contributed by atoms with Gasteiger partial charge in [0.25, 0.3) is 0 Å². The lowest BCUT2D eigenvalue weighted by molar-refractivity contribution is -0.0936. The standard InChI is InChI=1S/C11H10F3NO/c1-2-9(11(12,13)14)6-10(16)8-4-3-5-15-7-8/h3-7H,2H2,1H3/b9-6+. The molecule has 1 rings (SSSR count). The molecule has 0 radical (unpaired) electrons. The van der Waals surface area contributed by atoms with Crippen LogP contribution in [0.15, 0.2) is 36.2 Å². The molecule has 86 valence electrons. The minimum Gasteiger partial charge on any atom is -0.289 e. The summed E-state index contributed by atoms with van der Waals surface area (Å²) in [4.78, 5) is 15.1. The highest BCUT2D eigenvalue weighted by molar-refractivity contribution is 6.04. The summed E-state index contributed by atoms with van der Waals surface area (Å²) >= 11 is 0. The van der Waals surface area contributed by atoms with Crippen LogP contribution in [0.25, 0.3) is 0 Å². The Bertz CT molecular complexity index is 395. The first-order valence-corrected chi connectivity index (χ1v) is 4.67. The maximum Gasteiger partial charge on any atom is 0.412 e. The first kappa shape index (κ1) is 12.4. The van der Waals surface area contributed by atoms with E-state index in [0.717, 1.165) is 0 Å². The Balaban J connectivity index is 2.96. The molecule has 1 heterocycles. The van der Waals surface area contributed by atoms with E-state index in [1.54, 1.807) is 0 Å². The monoisotopic (exact) mass is 229 g/mol. The van der Waals surface area contributed by atoms with Crippen molar-refractivity contribution in [3.05, 3.63) is 41.7 Å². The fraction of sp³-hybridized carbons (Fsp3) is 0.273. The molecule has 5 heteroatoms. The Hall–Kier alpha value is -1.65. The van der Waals surface area contributed by atoms with Crippen LogP contribution in [0.2, 0.25) is 0 Å². The molecule has 0 fully saturated rings. The number of hydrogen-bond acceptors (Lipinski definition) is 2. The Labute approximate surface area is 90.8 Å². The first-order valence-electron chi connectivity index (χ1n) is 4.67. The Kier molecular flexibility index (Phi) is 3.82. The van der Waals surface area contributed by atoms with Crippen molar-refractivity contribution in [1.29, 1.82) is 0 Å². The van der Waals surface area contributed by atoms with E-state index >= 15 is 0 Å². The van der Waals surface area contributed by atoms with Gasteiger partial charge in [-0.15, -0.1) is 0 Å². The average molecular weight is 229 g/mol. The van der Waals surface area contributed by atoms with E-state index in [2.05, 4.69) is 4.98 Å². The zero-order valence-corrected chi connectivity index (χ0v) is 8.58. The van der Waals surface area contributed by atoms with Crippen LogP contribution in [-0.2, 0) is 0 Å². The molecule has 0 atom stereocenters. The molecule has 0 N–H and O–H groups in total. The van der Waals surface area contributed by atoms with Gasteiger partial charge in [0.2, 0.25) is 0 Å². The number of nitrogens with zero attached hydrogens (tertiary/aromatic N) is 1. The van der Waals surface area contributed by atoms with E-state index in [1.165, 1.54) is 31.5 Å². The molecule has 16 heavy (non-hydrogen) atoms. The largest absolute Gasteiger partial charge is 0.412 e. The summed E-state index contributed by atoms with van der Waals surface area (Å²) in [6, 6.07) is 2.93. The Morgan fingerprint density at radius 3 is 2.62 bits per heavy atom. The molecule has 0 saturated heterocycles. The average Bonchev–Trinajstić information content (AvgIpc) is 2.25. The topological polar surface area (TPSA) is 30.0 Å². The third-order valence-electron chi connectivity index (χ3n) is 2.00. The fourth-order valence-corrected chi connectivity index (χ4v) is 1.13. The van der Waals surface area contributed by atoms with Gasteiger partial charge in [-0.2, -0.15) is 13.2 Å². The number of alkyl halides is 3. The van der Waals surface area contributed by atoms with Crippen molar-refractivity contribution < 1.29 is 18.0 Å². The number of halogens is 3. The zero-order valence-electron chi connectivity index (χ0n) is 8.58. The molecule has 0 aliphatic carbocycles. The van der Waals surface area contributed by atoms with E-state index in [1.807, 2.05) is 0 Å². The molecule has 0 aliphatic heterocycles. The number of ketones is 1. The summed E-state index contributed by atoms with van der Waals surface area (Å²) in [5.74, 6) is -0.678. The molecule has 0 unspecified atom stereocenters. The van der Waals surface area contributed by atoms with Crippen LogP contribution in [0.4, 0.5) is 13.2 Å². The van der Waals surface area contributed by atoms with Crippen molar-refractivity contribution in [1.82, 2.24) is 4.98 Å². The van der Waals surface area contributed by atoms with Gasteiger partial charge >= 0.3 is 6.18 Å². The van der Waals surface area contributed by atoms with Crippen LogP contribution in [0, 0.1) is 0 Å². The maximum absolute atomic E-state index is 12.4. The summed E-state index contributed by atoms with van der Waals surface area (Å²) in [5.41, 5.74) is -0.681. The van der Waals surface area contributed by atoms with E-state index in [0.29, 0.717) is 6.08 Å². The third-order valence-corrected chi connectivity index (χ3v) is 2.00. The molecule has 0 spiro atoms. The second-order valence-corrected chi connectivity index (χ2v) is 3.13. The molecule has 2 nitrogen and oxygen atoms in total. The van der Waals surface area contributed by atoms with E-state index < -0.39 is 17.5 Å². The zero-order chi connectivity index (χ0) is 12.2. The summed E-state index contributed by atoms with van der Waals surface area (Å²) < 4.78 is 37.1. The lowest BCUT2D eigenvalue weighted by atomic mass is 10.1. The van der Waals surface area contributed by atoms with Crippen molar-refractivity contribution in [3.63, 3.8) is 0 Å². The van der Waals surface area contributed by atoms with Crippen LogP contribution in [0.1, 0.15) is 23.7 Å². The fourth-order valence-electron chi connectivity index (χ4n) is 1.13. The highest BCUT2D eigenvalue weighted by atomic mass is 19.4. The van der Waals surface area contributed by atoms with Gasteiger partial charge in [-0.05, 0) is 24.6 Å². The van der Waals surface area contributed by atoms with Gasteiger partial charge < -0.3 is 0 Å². The molecule has 0 bridgehead atoms. The van der Waals surface area contributed by atoms with Crippen molar-refractivity contribution in [3.8, 4) is 0 Å². The van der Waals surface area contributed by atoms with Crippen LogP contribution in [0.5, 0.6) is 0 Å². The van der Waals surface area contributed by atoms with Crippen molar-refractivity contribution in [2.45, 2.75) is 19.5 Å². The minimum absolute atomic E-state index is 0.151. The summed E-state index contributed by atoms with van der Waals surface area (Å²) in [6.45, 7) is 1.36. The molecule has 1 aromatic rings. The van der Waals surface area contributed by atoms with Gasteiger partial charge in [-0.3, -0.25) is 9.78 Å². The minimum atomic E-state index is -4.45. The summed E-state index contributed by atoms with van der Waals surface area (Å²) in [7, 11) is 0. The number of allylic oxidation sites excluding steroid dienone is 2. The normalized spacial score (nSPS) is 12.6. The third kappa shape index (κ3) is 3.18. The first-order chi connectivity index (χ1) is 7.45. The number of pyridine rings is 1. The van der Waals surface area contributed by atoms with E-state index in [9.17, 15) is 18.0 Å². The number of hydrogen-bond donors (Lipinski definition) is 0. The number of carbonyl (C=O) groups excluding carboxylic acids is 1. The molecular weight excluding hydrogens is 219 g/mol. The van der Waals surface area contributed by atoms with Crippen LogP contribution in [0.3, 0.4) is 0 Å². The highest BCUT2D eigenvalue weighted by Crippen LogP contribution is 2.28. The maximum atomic E-state index is 12.4. The SMILES string of the molecule is CC/C(=C\C(=O)c1cccnc1)C(F)(F)F.